The van der Waals surface area contributed by atoms with Crippen LogP contribution in [0.1, 0.15) is 25.7 Å². The number of aliphatic hydroxyl groups is 1. The fourth-order valence-electron chi connectivity index (χ4n) is 3.41. The maximum Gasteiger partial charge on any atom is 0.0464 e. The lowest BCUT2D eigenvalue weighted by Crippen LogP contribution is -2.40. The van der Waals surface area contributed by atoms with Crippen molar-refractivity contribution in [2.24, 2.45) is 17.8 Å². The first kappa shape index (κ1) is 12.3. The molecule has 3 nitrogen and oxygen atoms in total. The average molecular weight is 226 g/mol. The highest BCUT2D eigenvalue weighted by Crippen LogP contribution is 2.33. The van der Waals surface area contributed by atoms with Gasteiger partial charge in [0, 0.05) is 6.61 Å². The first-order chi connectivity index (χ1) is 7.81. The molecule has 2 aliphatic heterocycles. The van der Waals surface area contributed by atoms with Gasteiger partial charge < -0.3 is 15.3 Å². The molecule has 0 aliphatic carbocycles. The van der Waals surface area contributed by atoms with Crippen LogP contribution in [0.3, 0.4) is 0 Å². The van der Waals surface area contributed by atoms with E-state index in [1.54, 1.807) is 0 Å². The van der Waals surface area contributed by atoms with Gasteiger partial charge in [-0.25, -0.2) is 0 Å². The SMILES string of the molecule is CN1CCC(C(CO)C2CCNCC2)CC1. The van der Waals surface area contributed by atoms with Crippen molar-refractivity contribution in [2.75, 3.05) is 39.8 Å². The Morgan fingerprint density at radius 2 is 1.69 bits per heavy atom. The number of rotatable bonds is 3. The van der Waals surface area contributed by atoms with Crippen molar-refractivity contribution in [3.05, 3.63) is 0 Å². The Hall–Kier alpha value is -0.120. The molecule has 2 rings (SSSR count). The molecule has 0 aromatic carbocycles. The first-order valence-electron chi connectivity index (χ1n) is 6.81. The molecule has 2 heterocycles. The number of hydrogen-bond donors (Lipinski definition) is 2. The van der Waals surface area contributed by atoms with Crippen LogP contribution in [-0.4, -0.2) is 49.8 Å². The number of nitrogens with one attached hydrogen (secondary N) is 1. The van der Waals surface area contributed by atoms with Gasteiger partial charge in [-0.05, 0) is 76.7 Å². The van der Waals surface area contributed by atoms with Crippen LogP contribution in [0.25, 0.3) is 0 Å². The van der Waals surface area contributed by atoms with E-state index in [-0.39, 0.29) is 0 Å². The predicted molar refractivity (Wildman–Crippen MR) is 66.4 cm³/mol. The van der Waals surface area contributed by atoms with E-state index < -0.39 is 0 Å². The summed E-state index contributed by atoms with van der Waals surface area (Å²) in [5, 5.41) is 13.1. The number of piperidine rings is 2. The van der Waals surface area contributed by atoms with Gasteiger partial charge in [0.2, 0.25) is 0 Å². The molecule has 0 spiro atoms. The number of nitrogens with zero attached hydrogens (tertiary/aromatic N) is 1. The smallest absolute Gasteiger partial charge is 0.0464 e. The molecule has 2 saturated heterocycles. The fourth-order valence-corrected chi connectivity index (χ4v) is 3.41. The summed E-state index contributed by atoms with van der Waals surface area (Å²) in [5.74, 6) is 2.10. The van der Waals surface area contributed by atoms with E-state index in [0.29, 0.717) is 12.5 Å². The quantitative estimate of drug-likeness (QED) is 0.752. The summed E-state index contributed by atoms with van der Waals surface area (Å²) < 4.78 is 0. The molecule has 0 amide bonds. The molecule has 0 bridgehead atoms. The van der Waals surface area contributed by atoms with Crippen molar-refractivity contribution in [3.8, 4) is 0 Å². The van der Waals surface area contributed by atoms with Crippen molar-refractivity contribution in [2.45, 2.75) is 25.7 Å². The Labute approximate surface area is 99.2 Å². The van der Waals surface area contributed by atoms with Crippen LogP contribution in [0.5, 0.6) is 0 Å². The molecule has 0 saturated carbocycles. The molecule has 0 aromatic rings. The van der Waals surface area contributed by atoms with E-state index in [0.717, 1.165) is 24.9 Å². The lowest BCUT2D eigenvalue weighted by Gasteiger charge is -2.39. The molecule has 1 unspecified atom stereocenters. The van der Waals surface area contributed by atoms with Crippen LogP contribution >= 0.6 is 0 Å². The van der Waals surface area contributed by atoms with Crippen LogP contribution < -0.4 is 5.32 Å². The van der Waals surface area contributed by atoms with E-state index in [1.807, 2.05) is 0 Å². The van der Waals surface area contributed by atoms with Crippen LogP contribution in [0.2, 0.25) is 0 Å². The summed E-state index contributed by atoms with van der Waals surface area (Å²) in [6.45, 7) is 5.12. The van der Waals surface area contributed by atoms with E-state index in [4.69, 9.17) is 0 Å². The average Bonchev–Trinajstić information content (AvgIpc) is 2.34. The molecule has 2 N–H and O–H groups in total. The van der Waals surface area contributed by atoms with Crippen LogP contribution in [0.4, 0.5) is 0 Å². The predicted octanol–water partition coefficient (Wildman–Crippen LogP) is 0.936. The monoisotopic (exact) mass is 226 g/mol. The van der Waals surface area contributed by atoms with Crippen LogP contribution in [-0.2, 0) is 0 Å². The lowest BCUT2D eigenvalue weighted by molar-refractivity contribution is 0.0659. The molecule has 3 heteroatoms. The van der Waals surface area contributed by atoms with E-state index in [2.05, 4.69) is 17.3 Å². The molecule has 94 valence electrons. The molecule has 0 radical (unpaired) electrons. The van der Waals surface area contributed by atoms with Crippen molar-refractivity contribution < 1.29 is 5.11 Å². The van der Waals surface area contributed by atoms with Gasteiger partial charge in [-0.15, -0.1) is 0 Å². The molecule has 2 fully saturated rings. The molecular weight excluding hydrogens is 200 g/mol. The molecule has 16 heavy (non-hydrogen) atoms. The first-order valence-corrected chi connectivity index (χ1v) is 6.81. The maximum absolute atomic E-state index is 9.66. The van der Waals surface area contributed by atoms with E-state index >= 15 is 0 Å². The number of hydrogen-bond acceptors (Lipinski definition) is 3. The number of aliphatic hydroxyl groups excluding tert-OH is 1. The Balaban J connectivity index is 1.88. The molecule has 1 atom stereocenters. The highest BCUT2D eigenvalue weighted by Gasteiger charge is 2.31. The minimum absolute atomic E-state index is 0.402. The third-order valence-corrected chi connectivity index (χ3v) is 4.57. The van der Waals surface area contributed by atoms with Gasteiger partial charge in [-0.1, -0.05) is 0 Å². The van der Waals surface area contributed by atoms with Crippen LogP contribution in [0, 0.1) is 17.8 Å². The Bertz CT molecular complexity index is 196. The summed E-state index contributed by atoms with van der Waals surface area (Å²) >= 11 is 0. The van der Waals surface area contributed by atoms with Gasteiger partial charge >= 0.3 is 0 Å². The summed E-state index contributed by atoms with van der Waals surface area (Å²) in [4.78, 5) is 2.41. The standard InChI is InChI=1S/C13H26N2O/c1-15-8-4-12(5-9-15)13(10-16)11-2-6-14-7-3-11/h11-14,16H,2-10H2,1H3. The molecule has 2 aliphatic rings. The fraction of sp³-hybridized carbons (Fsp3) is 1.00. The summed E-state index contributed by atoms with van der Waals surface area (Å²) in [6.07, 6.45) is 5.09. The Morgan fingerprint density at radius 1 is 1.12 bits per heavy atom. The summed E-state index contributed by atoms with van der Waals surface area (Å²) in [6, 6.07) is 0. The minimum atomic E-state index is 0.402. The zero-order chi connectivity index (χ0) is 11.4. The Kier molecular flexibility index (Phi) is 4.62. The molecule has 0 aromatic heterocycles. The maximum atomic E-state index is 9.66. The van der Waals surface area contributed by atoms with Crippen molar-refractivity contribution in [3.63, 3.8) is 0 Å². The second kappa shape index (κ2) is 5.99. The number of likely N-dealkylation sites (tertiary alicyclic amines) is 1. The summed E-state index contributed by atoms with van der Waals surface area (Å²) in [7, 11) is 2.20. The van der Waals surface area contributed by atoms with Crippen molar-refractivity contribution in [1.82, 2.24) is 10.2 Å². The van der Waals surface area contributed by atoms with Crippen LogP contribution in [0.15, 0.2) is 0 Å². The van der Waals surface area contributed by atoms with Gasteiger partial charge in [-0.3, -0.25) is 0 Å². The van der Waals surface area contributed by atoms with Gasteiger partial charge in [0.25, 0.3) is 0 Å². The minimum Gasteiger partial charge on any atom is -0.396 e. The second-order valence-electron chi connectivity index (χ2n) is 5.57. The molecular formula is C13H26N2O. The normalized spacial score (nSPS) is 28.1. The third-order valence-electron chi connectivity index (χ3n) is 4.57. The Morgan fingerprint density at radius 3 is 2.25 bits per heavy atom. The highest BCUT2D eigenvalue weighted by molar-refractivity contribution is 4.83. The lowest BCUT2D eigenvalue weighted by atomic mass is 9.74. The van der Waals surface area contributed by atoms with E-state index in [9.17, 15) is 5.11 Å². The topological polar surface area (TPSA) is 35.5 Å². The van der Waals surface area contributed by atoms with Gasteiger partial charge in [0.1, 0.15) is 0 Å². The second-order valence-corrected chi connectivity index (χ2v) is 5.57. The zero-order valence-electron chi connectivity index (χ0n) is 10.5. The highest BCUT2D eigenvalue weighted by atomic mass is 16.3. The zero-order valence-corrected chi connectivity index (χ0v) is 10.5. The van der Waals surface area contributed by atoms with Gasteiger partial charge in [0.05, 0.1) is 0 Å². The van der Waals surface area contributed by atoms with Crippen molar-refractivity contribution in [1.29, 1.82) is 0 Å². The largest absolute Gasteiger partial charge is 0.396 e. The summed E-state index contributed by atoms with van der Waals surface area (Å²) in [5.41, 5.74) is 0. The van der Waals surface area contributed by atoms with Crippen molar-refractivity contribution >= 4 is 0 Å². The third kappa shape index (κ3) is 2.96. The van der Waals surface area contributed by atoms with Gasteiger partial charge in [-0.2, -0.15) is 0 Å². The van der Waals surface area contributed by atoms with E-state index in [1.165, 1.54) is 38.8 Å². The van der Waals surface area contributed by atoms with Gasteiger partial charge in [0.15, 0.2) is 0 Å².